The van der Waals surface area contributed by atoms with Crippen molar-refractivity contribution >= 4 is 35.1 Å². The molecule has 8 nitrogen and oxygen atoms in total. The third-order valence-electron chi connectivity index (χ3n) is 8.60. The standard InChI is InChI=1S/C32H33ClN2O6/c33-23-13-7-8-14-24(23)34-17-10-16-32-27(26-25(41-32)15-6-1-2-9-18-40-31(26)39)29(37)35(28(32)30(34)38)22(20-36)19-21-11-4-3-5-12-21/h3-8,10-16,22,25-28,36H,1-2,9,17-20H2/b15-6-/t22-,25-,26+,27+,28?,32+/m1/s1. The van der Waals surface area contributed by atoms with Gasteiger partial charge in [-0.1, -0.05) is 78.4 Å². The van der Waals surface area contributed by atoms with Crippen molar-refractivity contribution in [2.45, 2.75) is 49.5 Å². The number of anilines is 1. The zero-order valence-corrected chi connectivity index (χ0v) is 23.4. The fourth-order valence-corrected chi connectivity index (χ4v) is 7.01. The Bertz CT molecular complexity index is 1380. The van der Waals surface area contributed by atoms with Gasteiger partial charge in [0.15, 0.2) is 0 Å². The molecule has 9 heteroatoms. The first-order chi connectivity index (χ1) is 20.0. The van der Waals surface area contributed by atoms with E-state index in [9.17, 15) is 19.5 Å². The fourth-order valence-electron chi connectivity index (χ4n) is 6.77. The number of benzene rings is 2. The van der Waals surface area contributed by atoms with E-state index in [1.807, 2.05) is 48.6 Å². The van der Waals surface area contributed by atoms with Gasteiger partial charge >= 0.3 is 5.97 Å². The molecule has 6 atom stereocenters. The number of nitrogens with zero attached hydrogens (tertiary/aromatic N) is 2. The molecule has 0 radical (unpaired) electrons. The number of aliphatic hydroxyl groups excluding tert-OH is 1. The van der Waals surface area contributed by atoms with Crippen molar-refractivity contribution in [2.75, 3.05) is 24.7 Å². The van der Waals surface area contributed by atoms with Crippen LogP contribution in [0.2, 0.25) is 5.02 Å². The van der Waals surface area contributed by atoms with E-state index < -0.39 is 47.5 Å². The number of esters is 1. The first-order valence-electron chi connectivity index (χ1n) is 14.2. The largest absolute Gasteiger partial charge is 0.465 e. The predicted molar refractivity (Wildman–Crippen MR) is 153 cm³/mol. The van der Waals surface area contributed by atoms with Crippen LogP contribution < -0.4 is 4.90 Å². The van der Waals surface area contributed by atoms with Gasteiger partial charge in [0.1, 0.15) is 17.6 Å². The Morgan fingerprint density at radius 1 is 1.00 bits per heavy atom. The number of halogens is 1. The summed E-state index contributed by atoms with van der Waals surface area (Å²) in [6, 6.07) is 14.7. The van der Waals surface area contributed by atoms with Crippen molar-refractivity contribution in [1.29, 1.82) is 0 Å². The molecule has 4 aliphatic heterocycles. The number of hydrogen-bond acceptors (Lipinski definition) is 6. The maximum atomic E-state index is 14.6. The smallest absolute Gasteiger partial charge is 0.312 e. The maximum absolute atomic E-state index is 14.6. The lowest BCUT2D eigenvalue weighted by molar-refractivity contribution is -0.155. The summed E-state index contributed by atoms with van der Waals surface area (Å²) in [6.07, 6.45) is 9.38. The lowest BCUT2D eigenvalue weighted by Crippen LogP contribution is -2.58. The summed E-state index contributed by atoms with van der Waals surface area (Å²) in [5.41, 5.74) is -0.0115. The van der Waals surface area contributed by atoms with Crippen LogP contribution in [0.3, 0.4) is 0 Å². The van der Waals surface area contributed by atoms with Gasteiger partial charge in [-0.3, -0.25) is 14.4 Å². The summed E-state index contributed by atoms with van der Waals surface area (Å²) in [7, 11) is 0. The number of allylic oxidation sites excluding steroid dienone is 1. The van der Waals surface area contributed by atoms with E-state index in [1.165, 1.54) is 4.90 Å². The molecule has 2 aromatic carbocycles. The second-order valence-electron chi connectivity index (χ2n) is 11.0. The first kappa shape index (κ1) is 27.7. The van der Waals surface area contributed by atoms with Crippen molar-refractivity contribution in [3.8, 4) is 0 Å². The molecule has 1 spiro atoms. The number of carbonyl (C=O) groups is 3. The number of likely N-dealkylation sites (tertiary alicyclic amines) is 1. The molecule has 2 fully saturated rings. The fraction of sp³-hybridized carbons (Fsp3) is 0.406. The third-order valence-corrected chi connectivity index (χ3v) is 8.92. The summed E-state index contributed by atoms with van der Waals surface area (Å²) >= 11 is 6.54. The lowest BCUT2D eigenvalue weighted by Gasteiger charge is -2.38. The second-order valence-corrected chi connectivity index (χ2v) is 11.4. The topological polar surface area (TPSA) is 96.4 Å². The van der Waals surface area contributed by atoms with E-state index >= 15 is 0 Å². The normalized spacial score (nSPS) is 31.1. The van der Waals surface area contributed by atoms with Crippen molar-refractivity contribution in [2.24, 2.45) is 11.8 Å². The number of rotatable bonds is 5. The van der Waals surface area contributed by atoms with Gasteiger partial charge in [-0.15, -0.1) is 0 Å². The van der Waals surface area contributed by atoms with Gasteiger partial charge in [0.25, 0.3) is 5.91 Å². The Balaban J connectivity index is 1.48. The highest BCUT2D eigenvalue weighted by Gasteiger charge is 2.72. The highest BCUT2D eigenvalue weighted by Crippen LogP contribution is 2.54. The van der Waals surface area contributed by atoms with E-state index in [0.717, 1.165) is 24.8 Å². The predicted octanol–water partition coefficient (Wildman–Crippen LogP) is 3.71. The van der Waals surface area contributed by atoms with Gasteiger partial charge in [-0.25, -0.2) is 0 Å². The van der Waals surface area contributed by atoms with Crippen LogP contribution in [0.15, 0.2) is 78.9 Å². The molecule has 1 N–H and O–H groups in total. The molecule has 1 unspecified atom stereocenters. The molecule has 4 heterocycles. The number of carbonyl (C=O) groups excluding carboxylic acids is 3. The lowest BCUT2D eigenvalue weighted by atomic mass is 9.78. The monoisotopic (exact) mass is 576 g/mol. The number of cyclic esters (lactones) is 1. The maximum Gasteiger partial charge on any atom is 0.312 e. The van der Waals surface area contributed by atoms with Crippen molar-refractivity contribution in [3.63, 3.8) is 0 Å². The van der Waals surface area contributed by atoms with Crippen LogP contribution in [0.4, 0.5) is 5.69 Å². The Morgan fingerprint density at radius 2 is 1.78 bits per heavy atom. The SMILES string of the molecule is O=C1OCCCC/C=C\[C@H]2O[C@]34C=CCN(c5ccccc5Cl)C(=O)C3N([C@@H](CO)Cc3ccccc3)C(=O)[C@@H]4[C@@H]12. The molecular weight excluding hydrogens is 544 g/mol. The minimum Gasteiger partial charge on any atom is -0.465 e. The summed E-state index contributed by atoms with van der Waals surface area (Å²) < 4.78 is 12.3. The molecule has 0 aliphatic carbocycles. The average Bonchev–Trinajstić information content (AvgIpc) is 3.37. The van der Waals surface area contributed by atoms with Crippen LogP contribution in [0.5, 0.6) is 0 Å². The second kappa shape index (κ2) is 11.4. The summed E-state index contributed by atoms with van der Waals surface area (Å²) in [6.45, 7) is 0.0950. The molecular formula is C32H33ClN2O6. The first-order valence-corrected chi connectivity index (χ1v) is 14.6. The molecule has 2 aromatic rings. The number of amides is 2. The van der Waals surface area contributed by atoms with Gasteiger partial charge in [0, 0.05) is 6.54 Å². The van der Waals surface area contributed by atoms with E-state index in [4.69, 9.17) is 21.1 Å². The molecule has 0 saturated carbocycles. The number of para-hydroxylation sites is 1. The van der Waals surface area contributed by atoms with Crippen molar-refractivity contribution in [1.82, 2.24) is 4.90 Å². The van der Waals surface area contributed by atoms with Gasteiger partial charge in [-0.05, 0) is 43.4 Å². The number of aliphatic hydroxyl groups is 1. The molecule has 41 heavy (non-hydrogen) atoms. The van der Waals surface area contributed by atoms with E-state index in [0.29, 0.717) is 17.1 Å². The summed E-state index contributed by atoms with van der Waals surface area (Å²) in [5.74, 6) is -3.21. The molecule has 0 bridgehead atoms. The minimum absolute atomic E-state index is 0.205. The van der Waals surface area contributed by atoms with Gasteiger partial charge < -0.3 is 24.4 Å². The van der Waals surface area contributed by atoms with Crippen LogP contribution in [-0.2, 0) is 30.3 Å². The average molecular weight is 577 g/mol. The Morgan fingerprint density at radius 3 is 2.56 bits per heavy atom. The van der Waals surface area contributed by atoms with Gasteiger partial charge in [0.2, 0.25) is 5.91 Å². The Hall–Kier alpha value is -3.46. The van der Waals surface area contributed by atoms with E-state index in [1.54, 1.807) is 35.2 Å². The molecule has 2 saturated heterocycles. The Labute approximate surface area is 244 Å². The Kier molecular flexibility index (Phi) is 7.72. The van der Waals surface area contributed by atoms with Crippen LogP contribution in [0.1, 0.15) is 24.8 Å². The van der Waals surface area contributed by atoms with Crippen molar-refractivity contribution in [3.05, 3.63) is 89.5 Å². The van der Waals surface area contributed by atoms with Crippen LogP contribution in [-0.4, -0.2) is 71.3 Å². The van der Waals surface area contributed by atoms with Crippen molar-refractivity contribution < 1.29 is 29.0 Å². The number of hydrogen-bond donors (Lipinski definition) is 1. The van der Waals surface area contributed by atoms with Gasteiger partial charge in [0.05, 0.1) is 42.0 Å². The van der Waals surface area contributed by atoms with Crippen LogP contribution >= 0.6 is 11.6 Å². The number of ether oxygens (including phenoxy) is 2. The van der Waals surface area contributed by atoms with Crippen LogP contribution in [0.25, 0.3) is 0 Å². The zero-order chi connectivity index (χ0) is 28.6. The van der Waals surface area contributed by atoms with E-state index in [2.05, 4.69) is 0 Å². The van der Waals surface area contributed by atoms with Gasteiger partial charge in [-0.2, -0.15) is 0 Å². The van der Waals surface area contributed by atoms with E-state index in [-0.39, 0.29) is 25.7 Å². The highest BCUT2D eigenvalue weighted by molar-refractivity contribution is 6.34. The zero-order valence-electron chi connectivity index (χ0n) is 22.6. The highest BCUT2D eigenvalue weighted by atomic mass is 35.5. The number of fused-ring (bicyclic) bond motifs is 2. The quantitative estimate of drug-likeness (QED) is 0.431. The molecule has 0 aromatic heterocycles. The summed E-state index contributed by atoms with van der Waals surface area (Å²) in [5, 5.41) is 11.0. The molecule has 2 amide bonds. The van der Waals surface area contributed by atoms with Crippen LogP contribution in [0, 0.1) is 11.8 Å². The third kappa shape index (κ3) is 4.78. The summed E-state index contributed by atoms with van der Waals surface area (Å²) in [4.78, 5) is 45.7. The minimum atomic E-state index is -1.43. The molecule has 6 rings (SSSR count). The molecule has 4 aliphatic rings. The molecule has 214 valence electrons.